The van der Waals surface area contributed by atoms with Crippen molar-refractivity contribution in [1.82, 2.24) is 15.2 Å². The maximum absolute atomic E-state index is 12.9. The number of amides is 1. The van der Waals surface area contributed by atoms with Gasteiger partial charge in [0, 0.05) is 12.6 Å². The van der Waals surface area contributed by atoms with E-state index < -0.39 is 0 Å². The van der Waals surface area contributed by atoms with E-state index in [0.717, 1.165) is 22.6 Å². The van der Waals surface area contributed by atoms with Crippen LogP contribution in [-0.4, -0.2) is 15.8 Å². The molecule has 6 nitrogen and oxygen atoms in total. The first kappa shape index (κ1) is 26.9. The molecule has 0 aliphatic heterocycles. The predicted octanol–water partition coefficient (Wildman–Crippen LogP) is 7.72. The Morgan fingerprint density at radius 2 is 1.43 bits per heavy atom. The van der Waals surface area contributed by atoms with Gasteiger partial charge in [0.25, 0.3) is 5.91 Å². The fourth-order valence-corrected chi connectivity index (χ4v) is 4.60. The van der Waals surface area contributed by atoms with Crippen LogP contribution in [0.4, 0.5) is 0 Å². The summed E-state index contributed by atoms with van der Waals surface area (Å²) in [6.45, 7) is 5.18. The number of rotatable bonds is 11. The van der Waals surface area contributed by atoms with Gasteiger partial charge >= 0.3 is 0 Å². The topological polar surface area (TPSA) is 67.6 Å². The van der Waals surface area contributed by atoms with E-state index in [0.29, 0.717) is 19.0 Å². The van der Waals surface area contributed by atoms with Crippen LogP contribution in [0.15, 0.2) is 126 Å². The highest BCUT2D eigenvalue weighted by Gasteiger charge is 2.21. The van der Waals surface area contributed by atoms with Gasteiger partial charge in [0.15, 0.2) is 5.69 Å². The number of para-hydroxylation sites is 1. The van der Waals surface area contributed by atoms with Crippen molar-refractivity contribution in [2.45, 2.75) is 39.0 Å². The van der Waals surface area contributed by atoms with Crippen LogP contribution >= 0.6 is 0 Å². The molecule has 1 N–H and O–H groups in total. The number of nitrogens with zero attached hydrogens (tertiary/aromatic N) is 2. The van der Waals surface area contributed by atoms with Crippen LogP contribution in [0.3, 0.4) is 0 Å². The van der Waals surface area contributed by atoms with E-state index in [1.165, 1.54) is 11.8 Å². The maximum atomic E-state index is 12.9. The number of nitrogens with one attached hydrogen (secondary N) is 1. The summed E-state index contributed by atoms with van der Waals surface area (Å²) in [6, 6.07) is 37.9. The van der Waals surface area contributed by atoms with E-state index in [4.69, 9.17) is 9.15 Å². The number of aromatic nitrogens is 1. The largest absolute Gasteiger partial charge is 0.457 e. The molecule has 0 aliphatic carbocycles. The van der Waals surface area contributed by atoms with Gasteiger partial charge in [-0.1, -0.05) is 91.0 Å². The van der Waals surface area contributed by atoms with Crippen LogP contribution in [-0.2, 0) is 13.1 Å². The number of hydrogen-bond donors (Lipinski definition) is 1. The number of carbonyl (C=O) groups excluding carboxylic acids is 1. The Bertz CT molecular complexity index is 1500. The zero-order valence-corrected chi connectivity index (χ0v) is 22.7. The molecule has 202 valence electrons. The summed E-state index contributed by atoms with van der Waals surface area (Å²) in [6.07, 6.45) is 1.43. The quantitative estimate of drug-likeness (QED) is 0.189. The highest BCUT2D eigenvalue weighted by molar-refractivity contribution is 5.92. The molecule has 0 saturated heterocycles. The van der Waals surface area contributed by atoms with E-state index in [1.54, 1.807) is 0 Å². The van der Waals surface area contributed by atoms with Gasteiger partial charge in [-0.15, -0.1) is 0 Å². The number of ether oxygens (including phenoxy) is 1. The SMILES string of the molecule is C[C@H](NC(=O)c1coc(CN(Cc2cccc(Oc3ccccc3)c2)[C@@H](C)c2ccccc2)n1)c1ccccc1. The smallest absolute Gasteiger partial charge is 0.273 e. The highest BCUT2D eigenvalue weighted by atomic mass is 16.5. The summed E-state index contributed by atoms with van der Waals surface area (Å²) in [5, 5.41) is 3.00. The predicted molar refractivity (Wildman–Crippen MR) is 156 cm³/mol. The van der Waals surface area contributed by atoms with Crippen molar-refractivity contribution in [3.05, 3.63) is 150 Å². The van der Waals surface area contributed by atoms with Crippen LogP contribution in [0.25, 0.3) is 0 Å². The normalized spacial score (nSPS) is 12.6. The number of carbonyl (C=O) groups is 1. The van der Waals surface area contributed by atoms with Gasteiger partial charge in [-0.25, -0.2) is 4.98 Å². The molecule has 0 unspecified atom stereocenters. The average molecular weight is 532 g/mol. The molecule has 6 heteroatoms. The minimum Gasteiger partial charge on any atom is -0.457 e. The Labute approximate surface area is 235 Å². The Morgan fingerprint density at radius 1 is 0.800 bits per heavy atom. The molecule has 0 spiro atoms. The van der Waals surface area contributed by atoms with E-state index >= 15 is 0 Å². The van der Waals surface area contributed by atoms with Gasteiger partial charge < -0.3 is 14.5 Å². The van der Waals surface area contributed by atoms with Crippen molar-refractivity contribution in [2.75, 3.05) is 0 Å². The Kier molecular flexibility index (Phi) is 8.69. The number of benzene rings is 4. The molecule has 1 amide bonds. The molecular weight excluding hydrogens is 498 g/mol. The van der Waals surface area contributed by atoms with Crippen molar-refractivity contribution >= 4 is 5.91 Å². The van der Waals surface area contributed by atoms with Crippen molar-refractivity contribution < 1.29 is 13.9 Å². The zero-order chi connectivity index (χ0) is 27.7. The first-order chi connectivity index (χ1) is 19.5. The molecule has 0 aliphatic rings. The molecule has 0 bridgehead atoms. The summed E-state index contributed by atoms with van der Waals surface area (Å²) in [7, 11) is 0. The third-order valence-electron chi connectivity index (χ3n) is 6.86. The molecule has 0 radical (unpaired) electrons. The van der Waals surface area contributed by atoms with Crippen LogP contribution in [0.1, 0.15) is 59.0 Å². The summed E-state index contributed by atoms with van der Waals surface area (Å²) in [5.74, 6) is 1.79. The standard InChI is InChI=1S/C34H33N3O3/c1-25(28-14-6-3-7-15-28)35-34(38)32-24-39-33(36-32)23-37(26(2)29-16-8-4-9-17-29)22-27-13-12-20-31(21-27)40-30-18-10-5-11-19-30/h3-21,24-26H,22-23H2,1-2H3,(H,35,38)/t25-,26-/m0/s1. The monoisotopic (exact) mass is 531 g/mol. The molecule has 0 fully saturated rings. The molecule has 5 aromatic rings. The lowest BCUT2D eigenvalue weighted by Gasteiger charge is -2.28. The summed E-state index contributed by atoms with van der Waals surface area (Å²) in [5.41, 5.74) is 3.57. The van der Waals surface area contributed by atoms with Crippen LogP contribution in [0.5, 0.6) is 11.5 Å². The van der Waals surface area contributed by atoms with Crippen molar-refractivity contribution in [1.29, 1.82) is 0 Å². The van der Waals surface area contributed by atoms with Gasteiger partial charge in [0.2, 0.25) is 5.89 Å². The zero-order valence-electron chi connectivity index (χ0n) is 22.7. The second-order valence-electron chi connectivity index (χ2n) is 9.79. The Hall–Kier alpha value is -4.68. The summed E-state index contributed by atoms with van der Waals surface area (Å²) in [4.78, 5) is 19.7. The number of hydrogen-bond acceptors (Lipinski definition) is 5. The third kappa shape index (κ3) is 7.04. The molecule has 5 rings (SSSR count). The van der Waals surface area contributed by atoms with Crippen LogP contribution in [0, 0.1) is 0 Å². The first-order valence-electron chi connectivity index (χ1n) is 13.5. The lowest BCUT2D eigenvalue weighted by molar-refractivity contribution is 0.0934. The van der Waals surface area contributed by atoms with Gasteiger partial charge in [-0.2, -0.15) is 0 Å². The van der Waals surface area contributed by atoms with E-state index in [9.17, 15) is 4.79 Å². The second kappa shape index (κ2) is 12.9. The molecule has 2 atom stereocenters. The maximum Gasteiger partial charge on any atom is 0.273 e. The number of oxazole rings is 1. The lowest BCUT2D eigenvalue weighted by atomic mass is 10.1. The summed E-state index contributed by atoms with van der Waals surface area (Å²) >= 11 is 0. The minimum atomic E-state index is -0.264. The summed E-state index contributed by atoms with van der Waals surface area (Å²) < 4.78 is 11.9. The molecule has 40 heavy (non-hydrogen) atoms. The van der Waals surface area contributed by atoms with Gasteiger partial charge in [-0.05, 0) is 54.8 Å². The van der Waals surface area contributed by atoms with Crippen molar-refractivity contribution in [3.63, 3.8) is 0 Å². The van der Waals surface area contributed by atoms with Crippen LogP contribution in [0.2, 0.25) is 0 Å². The molecule has 4 aromatic carbocycles. The minimum absolute atomic E-state index is 0.0715. The highest BCUT2D eigenvalue weighted by Crippen LogP contribution is 2.27. The molecular formula is C34H33N3O3. The van der Waals surface area contributed by atoms with E-state index in [2.05, 4.69) is 46.4 Å². The fourth-order valence-electron chi connectivity index (χ4n) is 4.60. The third-order valence-corrected chi connectivity index (χ3v) is 6.86. The molecule has 1 aromatic heterocycles. The lowest BCUT2D eigenvalue weighted by Crippen LogP contribution is -2.28. The Balaban J connectivity index is 1.32. The first-order valence-corrected chi connectivity index (χ1v) is 13.5. The molecule has 0 saturated carbocycles. The van der Waals surface area contributed by atoms with Gasteiger partial charge in [0.05, 0.1) is 12.6 Å². The second-order valence-corrected chi connectivity index (χ2v) is 9.79. The Morgan fingerprint density at radius 3 is 2.12 bits per heavy atom. The van der Waals surface area contributed by atoms with Crippen molar-refractivity contribution in [2.24, 2.45) is 0 Å². The fraction of sp³-hybridized carbons (Fsp3) is 0.176. The van der Waals surface area contributed by atoms with E-state index in [-0.39, 0.29) is 23.7 Å². The van der Waals surface area contributed by atoms with E-state index in [1.807, 2.05) is 97.9 Å². The average Bonchev–Trinajstić information content (AvgIpc) is 3.47. The van der Waals surface area contributed by atoms with Gasteiger partial charge in [0.1, 0.15) is 17.8 Å². The van der Waals surface area contributed by atoms with Gasteiger partial charge in [-0.3, -0.25) is 9.69 Å². The van der Waals surface area contributed by atoms with Crippen molar-refractivity contribution in [3.8, 4) is 11.5 Å². The molecule has 1 heterocycles. The van der Waals surface area contributed by atoms with Crippen LogP contribution < -0.4 is 10.1 Å².